The van der Waals surface area contributed by atoms with Gasteiger partial charge in [0.15, 0.2) is 0 Å². The van der Waals surface area contributed by atoms with Crippen molar-refractivity contribution in [2.45, 2.75) is 174 Å². The van der Waals surface area contributed by atoms with Crippen LogP contribution in [0.2, 0.25) is 0 Å². The van der Waals surface area contributed by atoms with Gasteiger partial charge in [-0.2, -0.15) is 0 Å². The molecule has 3 aromatic carbocycles. The number of H-pyrrole nitrogens is 2. The molecule has 0 aliphatic carbocycles. The smallest absolute Gasteiger partial charge is 0.407 e. The van der Waals surface area contributed by atoms with Crippen molar-refractivity contribution < 1.29 is 42.9 Å². The lowest BCUT2D eigenvalue weighted by atomic mass is 9.85. The molecule has 5 aliphatic rings. The number of carbonyl (C=O) groups is 4. The topological polar surface area (TPSA) is 202 Å². The lowest BCUT2D eigenvalue weighted by Crippen LogP contribution is -2.55. The number of carbonyl (C=O) groups excluding carboxylic acids is 4. The van der Waals surface area contributed by atoms with E-state index in [-0.39, 0.29) is 85.4 Å². The highest BCUT2D eigenvalue weighted by molar-refractivity contribution is 6.07. The number of nitrogens with zero attached hydrogens (tertiary/aromatic N) is 4. The number of nitrogens with one attached hydrogen (secondary N) is 4. The number of rotatable bonds is 11. The van der Waals surface area contributed by atoms with E-state index in [2.05, 4.69) is 70.8 Å². The molecule has 0 radical (unpaired) electrons. The molecule has 0 bridgehead atoms. The highest BCUT2D eigenvalue weighted by atomic mass is 16.6. The largest absolute Gasteiger partial charge is 0.488 e. The molecule has 10 unspecified atom stereocenters. The summed E-state index contributed by atoms with van der Waals surface area (Å²) in [7, 11) is 0. The fourth-order valence-electron chi connectivity index (χ4n) is 12.7. The summed E-state index contributed by atoms with van der Waals surface area (Å²) in [6, 6.07) is 12.6. The van der Waals surface area contributed by atoms with Crippen molar-refractivity contribution >= 4 is 45.8 Å². The lowest BCUT2D eigenvalue weighted by Gasteiger charge is -2.39. The zero-order chi connectivity index (χ0) is 50.5. The molecule has 0 spiro atoms. The van der Waals surface area contributed by atoms with Crippen LogP contribution in [0.3, 0.4) is 0 Å². The van der Waals surface area contributed by atoms with Gasteiger partial charge in [-0.05, 0) is 165 Å². The molecule has 4 amide bonds. The van der Waals surface area contributed by atoms with Gasteiger partial charge in [0.25, 0.3) is 0 Å². The molecular weight excluding hydrogens is 917 g/mol. The number of aromatic amines is 2. The highest BCUT2D eigenvalue weighted by Crippen LogP contribution is 2.45. The number of hydrogen-bond donors (Lipinski definition) is 4. The van der Waals surface area contributed by atoms with Crippen molar-refractivity contribution in [1.29, 1.82) is 0 Å². The first kappa shape index (κ1) is 49.4. The summed E-state index contributed by atoms with van der Waals surface area (Å²) in [5, 5.41) is 7.85. The van der Waals surface area contributed by atoms with Gasteiger partial charge in [0.1, 0.15) is 36.1 Å². The van der Waals surface area contributed by atoms with E-state index in [1.54, 1.807) is 13.8 Å². The van der Waals surface area contributed by atoms with Crippen molar-refractivity contribution in [3.05, 3.63) is 65.9 Å². The molecule has 10 atom stereocenters. The Morgan fingerprint density at radius 2 is 1.26 bits per heavy atom. The number of fused-ring (bicyclic) bond motifs is 6. The molecule has 10 rings (SSSR count). The van der Waals surface area contributed by atoms with Crippen molar-refractivity contribution in [1.82, 2.24) is 40.4 Å². The third kappa shape index (κ3) is 9.61. The fraction of sp³-hybridized carbons (Fsp3) is 0.564. The Morgan fingerprint density at radius 1 is 0.694 bits per heavy atom. The van der Waals surface area contributed by atoms with Crippen LogP contribution in [0, 0.1) is 11.8 Å². The molecule has 7 heterocycles. The maximum atomic E-state index is 14.7. The minimum absolute atomic E-state index is 0.0340. The third-order valence-corrected chi connectivity index (χ3v) is 15.8. The van der Waals surface area contributed by atoms with E-state index in [1.807, 2.05) is 49.8 Å². The first-order valence-corrected chi connectivity index (χ1v) is 26.3. The zero-order valence-electron chi connectivity index (χ0n) is 42.8. The predicted molar refractivity (Wildman–Crippen MR) is 271 cm³/mol. The molecule has 4 N–H and O–H groups in total. The van der Waals surface area contributed by atoms with E-state index in [9.17, 15) is 19.2 Å². The standard InChI is InChI=1S/C55H70N8O9/c1-9-68-54(66)60-47(36-19-30(5)71-31(6)20-36)52(64)62-28(3)11-17-44(62)50-56-26-43(58-50)35-13-15-39-38(23-35)27-70-46-25-40-34(24-41(39)46)14-16-42-49(40)59-51(57-42)45-18-12-29(4)63(45)53(65)48(61-55(67)69-10-2)37-21-32(7)72-33(8)22-37/h13-16,23-26,28-33,36-37,44-45,47-48H,9-12,17-22,27H2,1-8H3,(H,56,58)(H,57,59)(H,60,66)(H,61,67). The molecule has 72 heavy (non-hydrogen) atoms. The molecule has 0 saturated carbocycles. The van der Waals surface area contributed by atoms with Crippen molar-refractivity contribution in [3.8, 4) is 28.1 Å². The van der Waals surface area contributed by atoms with Crippen LogP contribution >= 0.6 is 0 Å². The second-order valence-electron chi connectivity index (χ2n) is 21.0. The van der Waals surface area contributed by atoms with E-state index in [0.717, 1.165) is 81.2 Å². The molecular formula is C55H70N8O9. The molecule has 5 aliphatic heterocycles. The maximum Gasteiger partial charge on any atom is 0.407 e. The Balaban J connectivity index is 0.888. The molecule has 4 saturated heterocycles. The molecule has 4 fully saturated rings. The van der Waals surface area contributed by atoms with Crippen LogP contribution in [0.1, 0.15) is 136 Å². The van der Waals surface area contributed by atoms with Crippen molar-refractivity contribution in [2.75, 3.05) is 13.2 Å². The predicted octanol–water partition coefficient (Wildman–Crippen LogP) is 9.41. The summed E-state index contributed by atoms with van der Waals surface area (Å²) >= 11 is 0. The first-order chi connectivity index (χ1) is 34.7. The van der Waals surface area contributed by atoms with Crippen LogP contribution in [0.15, 0.2) is 48.7 Å². The summed E-state index contributed by atoms with van der Waals surface area (Å²) in [6.45, 7) is 16.5. The molecule has 384 valence electrons. The Bertz CT molecular complexity index is 2830. The van der Waals surface area contributed by atoms with Gasteiger partial charge < -0.3 is 54.1 Å². The van der Waals surface area contributed by atoms with E-state index < -0.39 is 24.3 Å². The molecule has 2 aromatic heterocycles. The number of imidazole rings is 2. The zero-order valence-corrected chi connectivity index (χ0v) is 42.8. The van der Waals surface area contributed by atoms with Crippen LogP contribution in [0.5, 0.6) is 5.75 Å². The number of aromatic nitrogens is 4. The highest BCUT2D eigenvalue weighted by Gasteiger charge is 2.46. The van der Waals surface area contributed by atoms with Gasteiger partial charge in [0.2, 0.25) is 11.8 Å². The summed E-state index contributed by atoms with van der Waals surface area (Å²) in [6.07, 6.45) is 6.22. The van der Waals surface area contributed by atoms with E-state index in [0.29, 0.717) is 43.9 Å². The first-order valence-electron chi connectivity index (χ1n) is 26.3. The summed E-state index contributed by atoms with van der Waals surface area (Å²) < 4.78 is 29.1. The van der Waals surface area contributed by atoms with Gasteiger partial charge in [-0.15, -0.1) is 0 Å². The Labute approximate surface area is 420 Å². The Hall–Kier alpha value is -6.20. The number of alkyl carbamates (subject to hydrolysis) is 2. The van der Waals surface area contributed by atoms with Gasteiger partial charge in [-0.3, -0.25) is 9.59 Å². The van der Waals surface area contributed by atoms with Gasteiger partial charge >= 0.3 is 12.2 Å². The van der Waals surface area contributed by atoms with Gasteiger partial charge in [0.05, 0.1) is 72.6 Å². The van der Waals surface area contributed by atoms with E-state index in [1.165, 1.54) is 0 Å². The monoisotopic (exact) mass is 987 g/mol. The number of hydrogen-bond acceptors (Lipinski definition) is 11. The second kappa shape index (κ2) is 20.4. The van der Waals surface area contributed by atoms with Crippen LogP contribution < -0.4 is 15.4 Å². The van der Waals surface area contributed by atoms with Gasteiger partial charge in [-0.1, -0.05) is 18.2 Å². The maximum absolute atomic E-state index is 14.7. The average Bonchev–Trinajstić information content (AvgIpc) is 4.17. The van der Waals surface area contributed by atoms with Crippen molar-refractivity contribution in [2.24, 2.45) is 11.8 Å². The number of benzene rings is 3. The Kier molecular flexibility index (Phi) is 14.0. The molecule has 17 nitrogen and oxygen atoms in total. The summed E-state index contributed by atoms with van der Waals surface area (Å²) in [5.74, 6) is 1.73. The minimum Gasteiger partial charge on any atom is -0.488 e. The van der Waals surface area contributed by atoms with Crippen LogP contribution in [0.4, 0.5) is 9.59 Å². The normalized spacial score (nSPS) is 27.9. The fourth-order valence-corrected chi connectivity index (χ4v) is 12.7. The number of likely N-dealkylation sites (tertiary alicyclic amines) is 2. The van der Waals surface area contributed by atoms with Crippen LogP contribution in [-0.4, -0.2) is 116 Å². The number of amides is 4. The second-order valence-corrected chi connectivity index (χ2v) is 21.0. The molecule has 5 aromatic rings. The van der Waals surface area contributed by atoms with Crippen LogP contribution in [0.25, 0.3) is 44.2 Å². The van der Waals surface area contributed by atoms with E-state index >= 15 is 0 Å². The third-order valence-electron chi connectivity index (χ3n) is 15.8. The lowest BCUT2D eigenvalue weighted by molar-refractivity contribution is -0.141. The van der Waals surface area contributed by atoms with Gasteiger partial charge in [-0.25, -0.2) is 19.6 Å². The van der Waals surface area contributed by atoms with Crippen LogP contribution in [-0.2, 0) is 35.1 Å². The number of ether oxygens (including phenoxy) is 5. The minimum atomic E-state index is -0.757. The van der Waals surface area contributed by atoms with Gasteiger partial charge in [0, 0.05) is 23.0 Å². The molecule has 17 heteroatoms. The summed E-state index contributed by atoms with van der Waals surface area (Å²) in [5.41, 5.74) is 6.58. The SMILES string of the molecule is CCOC(=O)NC(C(=O)N1C(C)CCC1c1ncc(-c2ccc3c(c2)COc2cc4c(ccc5[nH]c(C6CCC(C)N6C(=O)C(NC(=O)OCC)C6CC(C)OC(C)C6)nc54)cc2-3)[nH]1)C1CC(C)OC(C)C1. The Morgan fingerprint density at radius 3 is 1.83 bits per heavy atom. The summed E-state index contributed by atoms with van der Waals surface area (Å²) in [4.78, 5) is 76.1. The average molecular weight is 987 g/mol. The quantitative estimate of drug-likeness (QED) is 0.0982. The van der Waals surface area contributed by atoms with E-state index in [4.69, 9.17) is 33.7 Å². The van der Waals surface area contributed by atoms with Crippen molar-refractivity contribution in [3.63, 3.8) is 0 Å².